The van der Waals surface area contributed by atoms with Gasteiger partial charge in [-0.05, 0) is 32.9 Å². The van der Waals surface area contributed by atoms with Crippen molar-refractivity contribution in [3.63, 3.8) is 0 Å². The molecule has 1 aromatic carbocycles. The first kappa shape index (κ1) is 28.0. The number of nitriles is 1. The first-order valence-electron chi connectivity index (χ1n) is 11.6. The Morgan fingerprint density at radius 3 is 2.68 bits per heavy atom. The van der Waals surface area contributed by atoms with Gasteiger partial charge in [-0.25, -0.2) is 20.0 Å². The SMILES string of the molecule is CC(C)NC(=O)[C@H](COCC#N)N[P@](=O)(CO[C@H](C)Cn1cnc2c(N)ncnc21)Oc1ccccc1. The molecule has 3 aromatic rings. The van der Waals surface area contributed by atoms with Crippen molar-refractivity contribution in [2.24, 2.45) is 0 Å². The highest BCUT2D eigenvalue weighted by Crippen LogP contribution is 2.44. The molecule has 0 aliphatic carbocycles. The molecule has 37 heavy (non-hydrogen) atoms. The quantitative estimate of drug-likeness (QED) is 0.205. The summed E-state index contributed by atoms with van der Waals surface area (Å²) in [5.74, 6) is 0.162. The molecule has 2 aromatic heterocycles. The third-order valence-electron chi connectivity index (χ3n) is 4.96. The van der Waals surface area contributed by atoms with E-state index in [1.54, 1.807) is 62.0 Å². The van der Waals surface area contributed by atoms with Gasteiger partial charge in [-0.3, -0.25) is 9.36 Å². The molecular formula is C23H31N8O5P. The van der Waals surface area contributed by atoms with E-state index in [1.807, 2.05) is 6.07 Å². The van der Waals surface area contributed by atoms with Crippen LogP contribution in [0.3, 0.4) is 0 Å². The maximum absolute atomic E-state index is 14.0. The van der Waals surface area contributed by atoms with Crippen LogP contribution >= 0.6 is 7.52 Å². The van der Waals surface area contributed by atoms with E-state index >= 15 is 0 Å². The van der Waals surface area contributed by atoms with Crippen LogP contribution in [0.15, 0.2) is 43.0 Å². The van der Waals surface area contributed by atoms with Gasteiger partial charge in [-0.15, -0.1) is 0 Å². The molecule has 0 aliphatic rings. The van der Waals surface area contributed by atoms with Crippen molar-refractivity contribution in [1.82, 2.24) is 29.9 Å². The number of aromatic nitrogens is 4. The Balaban J connectivity index is 1.76. The number of hydrogen-bond acceptors (Lipinski definition) is 10. The van der Waals surface area contributed by atoms with Crippen LogP contribution in [-0.2, 0) is 25.4 Å². The minimum absolute atomic E-state index is 0.165. The van der Waals surface area contributed by atoms with Gasteiger partial charge >= 0.3 is 7.52 Å². The van der Waals surface area contributed by atoms with Crippen LogP contribution in [0.5, 0.6) is 5.75 Å². The Kier molecular flexibility index (Phi) is 9.93. The van der Waals surface area contributed by atoms with Crippen LogP contribution in [0.1, 0.15) is 20.8 Å². The van der Waals surface area contributed by atoms with Crippen molar-refractivity contribution in [1.29, 1.82) is 5.26 Å². The Morgan fingerprint density at radius 1 is 1.22 bits per heavy atom. The number of nitrogens with two attached hydrogens (primary N) is 1. The van der Waals surface area contributed by atoms with Crippen LogP contribution in [0.4, 0.5) is 5.82 Å². The summed E-state index contributed by atoms with van der Waals surface area (Å²) in [7, 11) is -3.81. The van der Waals surface area contributed by atoms with Crippen LogP contribution in [0.2, 0.25) is 0 Å². The maximum Gasteiger partial charge on any atom is 0.342 e. The number of nitrogens with one attached hydrogen (secondary N) is 2. The first-order chi connectivity index (χ1) is 17.7. The number of hydrogen-bond donors (Lipinski definition) is 3. The number of benzene rings is 1. The number of nitrogens with zero attached hydrogens (tertiary/aromatic N) is 5. The van der Waals surface area contributed by atoms with Gasteiger partial charge in [0.1, 0.15) is 36.6 Å². The minimum atomic E-state index is -3.81. The molecule has 0 spiro atoms. The molecule has 0 bridgehead atoms. The second-order valence-corrected chi connectivity index (χ2v) is 10.6. The zero-order valence-corrected chi connectivity index (χ0v) is 21.8. The molecule has 0 unspecified atom stereocenters. The summed E-state index contributed by atoms with van der Waals surface area (Å²) >= 11 is 0. The zero-order chi connectivity index (χ0) is 26.8. The number of amides is 1. The lowest BCUT2D eigenvalue weighted by molar-refractivity contribution is -0.124. The molecule has 198 valence electrons. The van der Waals surface area contributed by atoms with E-state index < -0.39 is 25.6 Å². The van der Waals surface area contributed by atoms with E-state index in [1.165, 1.54) is 6.33 Å². The van der Waals surface area contributed by atoms with Crippen molar-refractivity contribution < 1.29 is 23.4 Å². The fourth-order valence-corrected chi connectivity index (χ4v) is 5.11. The van der Waals surface area contributed by atoms with Gasteiger partial charge in [0.15, 0.2) is 11.5 Å². The third kappa shape index (κ3) is 8.23. The summed E-state index contributed by atoms with van der Waals surface area (Å²) < 4.78 is 32.7. The lowest BCUT2D eigenvalue weighted by Crippen LogP contribution is -2.48. The lowest BCUT2D eigenvalue weighted by atomic mass is 10.3. The number of para-hydroxylation sites is 1. The minimum Gasteiger partial charge on any atom is -0.431 e. The van der Waals surface area contributed by atoms with Gasteiger partial charge in [0.2, 0.25) is 5.91 Å². The number of carbonyl (C=O) groups is 1. The summed E-state index contributed by atoms with van der Waals surface area (Å²) in [6.07, 6.45) is 2.13. The molecule has 3 rings (SSSR count). The van der Waals surface area contributed by atoms with Gasteiger partial charge in [-0.2, -0.15) is 5.26 Å². The van der Waals surface area contributed by atoms with E-state index in [0.29, 0.717) is 23.5 Å². The summed E-state index contributed by atoms with van der Waals surface area (Å²) in [4.78, 5) is 25.2. The van der Waals surface area contributed by atoms with Crippen molar-refractivity contribution in [2.75, 3.05) is 25.3 Å². The number of ether oxygens (including phenoxy) is 2. The van der Waals surface area contributed by atoms with Gasteiger partial charge in [0, 0.05) is 6.04 Å². The van der Waals surface area contributed by atoms with Crippen LogP contribution < -0.4 is 20.7 Å². The molecule has 3 atom stereocenters. The Hall–Kier alpha value is -3.56. The molecule has 1 amide bonds. The summed E-state index contributed by atoms with van der Waals surface area (Å²) in [6, 6.07) is 9.20. The summed E-state index contributed by atoms with van der Waals surface area (Å²) in [5.41, 5.74) is 6.88. The highest BCUT2D eigenvalue weighted by molar-refractivity contribution is 7.57. The van der Waals surface area contributed by atoms with Gasteiger partial charge in [0.25, 0.3) is 0 Å². The largest absolute Gasteiger partial charge is 0.431 e. The fourth-order valence-electron chi connectivity index (χ4n) is 3.35. The predicted octanol–water partition coefficient (Wildman–Crippen LogP) is 2.07. The first-order valence-corrected chi connectivity index (χ1v) is 13.4. The standard InChI is InChI=1S/C23H31N8O5P/c1-16(2)29-23(32)19(12-34-10-9-24)30-37(33,36-18-7-5-4-6-8-18)15-35-17(3)11-31-14-28-20-21(25)26-13-27-22(20)31/h4-8,13-14,16-17,19H,10-12,15H2,1-3H3,(H,29,32)(H,30,33)(H2,25,26,27)/t17-,19+,37+/m1/s1. The Bertz CT molecular complexity index is 1260. The van der Waals surface area contributed by atoms with Crippen molar-refractivity contribution in [3.05, 3.63) is 43.0 Å². The number of carbonyl (C=O) groups excluding carboxylic acids is 1. The summed E-state index contributed by atoms with van der Waals surface area (Å²) in [6.45, 7) is 5.31. The third-order valence-corrected chi connectivity index (χ3v) is 6.66. The van der Waals surface area contributed by atoms with Crippen molar-refractivity contribution in [2.45, 2.75) is 45.5 Å². The van der Waals surface area contributed by atoms with Crippen molar-refractivity contribution >= 4 is 30.4 Å². The molecule has 4 N–H and O–H groups in total. The van der Waals surface area contributed by atoms with E-state index in [0.717, 1.165) is 0 Å². The molecular weight excluding hydrogens is 499 g/mol. The molecule has 0 aliphatic heterocycles. The number of anilines is 1. The molecule has 13 nitrogen and oxygen atoms in total. The topological polar surface area (TPSA) is 179 Å². The van der Waals surface area contributed by atoms with Gasteiger partial charge in [-0.1, -0.05) is 18.2 Å². The van der Waals surface area contributed by atoms with E-state index in [2.05, 4.69) is 25.4 Å². The molecule has 0 fully saturated rings. The molecule has 0 saturated heterocycles. The lowest BCUT2D eigenvalue weighted by Gasteiger charge is -2.27. The molecule has 2 heterocycles. The molecule has 0 radical (unpaired) electrons. The average Bonchev–Trinajstić information content (AvgIpc) is 3.26. The highest BCUT2D eigenvalue weighted by Gasteiger charge is 2.33. The monoisotopic (exact) mass is 530 g/mol. The number of imidazole rings is 1. The normalized spacial score (nSPS) is 14.6. The van der Waals surface area contributed by atoms with E-state index in [-0.39, 0.29) is 31.4 Å². The smallest absolute Gasteiger partial charge is 0.342 e. The Labute approximate surface area is 214 Å². The molecule has 0 saturated carbocycles. The van der Waals surface area contributed by atoms with Gasteiger partial charge in [0.05, 0.1) is 31.7 Å². The number of nitrogen functional groups attached to an aromatic ring is 1. The number of fused-ring (bicyclic) bond motifs is 1. The van der Waals surface area contributed by atoms with Crippen LogP contribution in [0.25, 0.3) is 11.2 Å². The van der Waals surface area contributed by atoms with Crippen LogP contribution in [0, 0.1) is 11.3 Å². The predicted molar refractivity (Wildman–Crippen MR) is 136 cm³/mol. The fraction of sp³-hybridized carbons (Fsp3) is 0.435. The second-order valence-electron chi connectivity index (χ2n) is 8.53. The Morgan fingerprint density at radius 2 is 1.97 bits per heavy atom. The summed E-state index contributed by atoms with van der Waals surface area (Å²) in [5, 5.41) is 14.4. The van der Waals surface area contributed by atoms with E-state index in [9.17, 15) is 9.36 Å². The van der Waals surface area contributed by atoms with Crippen molar-refractivity contribution in [3.8, 4) is 11.8 Å². The average molecular weight is 531 g/mol. The van der Waals surface area contributed by atoms with E-state index in [4.69, 9.17) is 25.0 Å². The highest BCUT2D eigenvalue weighted by atomic mass is 31.2. The zero-order valence-electron chi connectivity index (χ0n) is 20.9. The van der Waals surface area contributed by atoms with Crippen LogP contribution in [-0.4, -0.2) is 63.2 Å². The number of rotatable bonds is 14. The maximum atomic E-state index is 14.0. The second kappa shape index (κ2) is 13.1. The van der Waals surface area contributed by atoms with Gasteiger partial charge < -0.3 is 29.6 Å². The molecule has 14 heteroatoms.